The highest BCUT2D eigenvalue weighted by molar-refractivity contribution is 6.35. The predicted molar refractivity (Wildman–Crippen MR) is 86.4 cm³/mol. The van der Waals surface area contributed by atoms with Crippen LogP contribution in [-0.2, 0) is 0 Å². The van der Waals surface area contributed by atoms with E-state index in [0.717, 1.165) is 31.6 Å². The standard InChI is InChI=1S/C17H13ClFNO2/c18-12-5-6-13(19)17-15(12)16(21)11-4-3-10(9-14(11)22-17)20-7-1-2-8-20/h3-6,9H,1-2,7-8H2. The molecule has 0 spiro atoms. The van der Waals surface area contributed by atoms with Crippen molar-refractivity contribution in [2.75, 3.05) is 18.0 Å². The van der Waals surface area contributed by atoms with Crippen LogP contribution in [0.2, 0.25) is 5.02 Å². The fourth-order valence-electron chi connectivity index (χ4n) is 3.04. The van der Waals surface area contributed by atoms with Gasteiger partial charge in [0.15, 0.2) is 11.4 Å². The molecule has 0 unspecified atom stereocenters. The highest BCUT2D eigenvalue weighted by atomic mass is 35.5. The summed E-state index contributed by atoms with van der Waals surface area (Å²) in [5, 5.41) is 0.724. The van der Waals surface area contributed by atoms with Gasteiger partial charge in [-0.15, -0.1) is 0 Å². The first-order valence-corrected chi connectivity index (χ1v) is 7.62. The summed E-state index contributed by atoms with van der Waals surface area (Å²) < 4.78 is 19.6. The Kier molecular flexibility index (Phi) is 3.08. The number of nitrogens with zero attached hydrogens (tertiary/aromatic N) is 1. The summed E-state index contributed by atoms with van der Waals surface area (Å²) in [5.74, 6) is -0.579. The summed E-state index contributed by atoms with van der Waals surface area (Å²) in [5.41, 5.74) is 1.01. The maximum atomic E-state index is 14.0. The molecule has 1 saturated heterocycles. The number of hydrogen-bond acceptors (Lipinski definition) is 3. The summed E-state index contributed by atoms with van der Waals surface area (Å²) in [6.07, 6.45) is 2.31. The Morgan fingerprint density at radius 1 is 1.14 bits per heavy atom. The Morgan fingerprint density at radius 2 is 1.91 bits per heavy atom. The summed E-state index contributed by atoms with van der Waals surface area (Å²) in [7, 11) is 0. The fourth-order valence-corrected chi connectivity index (χ4v) is 3.28. The van der Waals surface area contributed by atoms with Gasteiger partial charge >= 0.3 is 0 Å². The number of anilines is 1. The van der Waals surface area contributed by atoms with Gasteiger partial charge in [-0.1, -0.05) is 11.6 Å². The SMILES string of the molecule is O=c1c2ccc(N3CCCC3)cc2oc2c(F)ccc(Cl)c12. The number of hydrogen-bond donors (Lipinski definition) is 0. The molecule has 0 saturated carbocycles. The molecular weight excluding hydrogens is 305 g/mol. The van der Waals surface area contributed by atoms with Crippen LogP contribution in [0.1, 0.15) is 12.8 Å². The molecule has 2 aromatic carbocycles. The van der Waals surface area contributed by atoms with Gasteiger partial charge in [0.25, 0.3) is 0 Å². The molecule has 0 amide bonds. The van der Waals surface area contributed by atoms with E-state index in [1.54, 1.807) is 6.07 Å². The van der Waals surface area contributed by atoms with Gasteiger partial charge in [0.2, 0.25) is 5.43 Å². The van der Waals surface area contributed by atoms with Crippen molar-refractivity contribution in [2.24, 2.45) is 0 Å². The maximum absolute atomic E-state index is 14.0. The van der Waals surface area contributed by atoms with Gasteiger partial charge in [0.05, 0.1) is 15.8 Å². The van der Waals surface area contributed by atoms with Crippen molar-refractivity contribution in [1.29, 1.82) is 0 Å². The highest BCUT2D eigenvalue weighted by Gasteiger charge is 2.17. The van der Waals surface area contributed by atoms with Crippen molar-refractivity contribution >= 4 is 39.2 Å². The van der Waals surface area contributed by atoms with E-state index in [1.165, 1.54) is 12.1 Å². The highest BCUT2D eigenvalue weighted by Crippen LogP contribution is 2.29. The smallest absolute Gasteiger partial charge is 0.202 e. The van der Waals surface area contributed by atoms with Crippen molar-refractivity contribution in [3.63, 3.8) is 0 Å². The van der Waals surface area contributed by atoms with Gasteiger partial charge in [-0.2, -0.15) is 0 Å². The molecule has 22 heavy (non-hydrogen) atoms. The fraction of sp³-hybridized carbons (Fsp3) is 0.235. The Balaban J connectivity index is 2.03. The van der Waals surface area contributed by atoms with E-state index in [0.29, 0.717) is 11.0 Å². The average molecular weight is 318 g/mol. The summed E-state index contributed by atoms with van der Waals surface area (Å²) in [4.78, 5) is 14.8. The third-order valence-corrected chi connectivity index (χ3v) is 4.49. The van der Waals surface area contributed by atoms with Gasteiger partial charge in [0.1, 0.15) is 5.58 Å². The van der Waals surface area contributed by atoms with E-state index < -0.39 is 5.82 Å². The van der Waals surface area contributed by atoms with Crippen LogP contribution < -0.4 is 10.3 Å². The zero-order valence-electron chi connectivity index (χ0n) is 11.7. The molecule has 112 valence electrons. The van der Waals surface area contributed by atoms with Crippen molar-refractivity contribution in [3.05, 3.63) is 51.4 Å². The molecule has 2 heterocycles. The molecule has 1 aliphatic heterocycles. The third-order valence-electron chi connectivity index (χ3n) is 4.18. The Hall–Kier alpha value is -2.07. The minimum atomic E-state index is -0.579. The second kappa shape index (κ2) is 4.99. The van der Waals surface area contributed by atoms with Crippen molar-refractivity contribution < 1.29 is 8.81 Å². The number of rotatable bonds is 1. The molecule has 1 aromatic heterocycles. The number of fused-ring (bicyclic) bond motifs is 2. The van der Waals surface area contributed by atoms with Crippen LogP contribution in [-0.4, -0.2) is 13.1 Å². The minimum absolute atomic E-state index is 0.0800. The zero-order chi connectivity index (χ0) is 15.3. The quantitative estimate of drug-likeness (QED) is 0.626. The van der Waals surface area contributed by atoms with E-state index in [9.17, 15) is 9.18 Å². The first-order valence-electron chi connectivity index (χ1n) is 7.25. The topological polar surface area (TPSA) is 33.5 Å². The molecule has 1 fully saturated rings. The normalized spacial score (nSPS) is 15.1. The molecule has 3 nitrogen and oxygen atoms in total. The molecule has 0 N–H and O–H groups in total. The van der Waals surface area contributed by atoms with Crippen molar-refractivity contribution in [2.45, 2.75) is 12.8 Å². The molecule has 0 bridgehead atoms. The molecule has 0 aliphatic carbocycles. The molecule has 1 aliphatic rings. The number of benzene rings is 2. The van der Waals surface area contributed by atoms with E-state index in [1.807, 2.05) is 12.1 Å². The number of halogens is 2. The van der Waals surface area contributed by atoms with E-state index in [2.05, 4.69) is 4.90 Å². The van der Waals surface area contributed by atoms with Crippen LogP contribution in [0.15, 0.2) is 39.5 Å². The molecular formula is C17H13ClFNO2. The van der Waals surface area contributed by atoms with Gasteiger partial charge in [0, 0.05) is 24.8 Å². The average Bonchev–Trinajstić information content (AvgIpc) is 3.05. The van der Waals surface area contributed by atoms with Gasteiger partial charge in [-0.05, 0) is 37.1 Å². The molecule has 0 atom stereocenters. The van der Waals surface area contributed by atoms with Crippen LogP contribution in [0.4, 0.5) is 10.1 Å². The van der Waals surface area contributed by atoms with Gasteiger partial charge in [-0.3, -0.25) is 4.79 Å². The summed E-state index contributed by atoms with van der Waals surface area (Å²) in [6.45, 7) is 1.98. The Morgan fingerprint density at radius 3 is 2.68 bits per heavy atom. The van der Waals surface area contributed by atoms with Crippen LogP contribution >= 0.6 is 11.6 Å². The van der Waals surface area contributed by atoms with Crippen molar-refractivity contribution in [3.8, 4) is 0 Å². The van der Waals surface area contributed by atoms with Crippen LogP contribution in [0, 0.1) is 5.82 Å². The second-order valence-corrected chi connectivity index (χ2v) is 5.95. The van der Waals surface area contributed by atoms with Crippen LogP contribution in [0.5, 0.6) is 0 Å². The molecule has 5 heteroatoms. The lowest BCUT2D eigenvalue weighted by Gasteiger charge is -2.17. The van der Waals surface area contributed by atoms with Crippen LogP contribution in [0.25, 0.3) is 21.9 Å². The van der Waals surface area contributed by atoms with Crippen LogP contribution in [0.3, 0.4) is 0 Å². The van der Waals surface area contributed by atoms with Gasteiger partial charge < -0.3 is 9.32 Å². The predicted octanol–water partition coefficient (Wildman–Crippen LogP) is 4.34. The largest absolute Gasteiger partial charge is 0.453 e. The maximum Gasteiger partial charge on any atom is 0.202 e. The molecule has 3 aromatic rings. The molecule has 0 radical (unpaired) electrons. The lowest BCUT2D eigenvalue weighted by Crippen LogP contribution is -2.17. The zero-order valence-corrected chi connectivity index (χ0v) is 12.5. The van der Waals surface area contributed by atoms with Gasteiger partial charge in [-0.25, -0.2) is 4.39 Å². The lowest BCUT2D eigenvalue weighted by atomic mass is 10.1. The monoisotopic (exact) mass is 317 g/mol. The Bertz CT molecular complexity index is 945. The molecule has 4 rings (SSSR count). The Labute approximate surface area is 130 Å². The summed E-state index contributed by atoms with van der Waals surface area (Å²) in [6, 6.07) is 8.03. The second-order valence-electron chi connectivity index (χ2n) is 5.54. The third kappa shape index (κ3) is 1.98. The van der Waals surface area contributed by atoms with Crippen molar-refractivity contribution in [1.82, 2.24) is 0 Å². The minimum Gasteiger partial charge on any atom is -0.453 e. The lowest BCUT2D eigenvalue weighted by molar-refractivity contribution is 0.579. The first kappa shape index (κ1) is 13.6. The summed E-state index contributed by atoms with van der Waals surface area (Å²) >= 11 is 6.03. The van der Waals surface area contributed by atoms with E-state index in [4.69, 9.17) is 16.0 Å². The van der Waals surface area contributed by atoms with E-state index >= 15 is 0 Å². The van der Waals surface area contributed by atoms with E-state index in [-0.39, 0.29) is 21.4 Å². The first-order chi connectivity index (χ1) is 10.6.